The molecule has 0 aromatic rings. The molecule has 0 aromatic carbocycles. The molecule has 0 amide bonds. The molecule has 0 heteroatoms. The highest BCUT2D eigenvalue weighted by molar-refractivity contribution is 4.83. The predicted molar refractivity (Wildman–Crippen MR) is 80.2 cm³/mol. The Labute approximate surface area is 110 Å². The molecule has 0 spiro atoms. The van der Waals surface area contributed by atoms with Gasteiger partial charge in [0.1, 0.15) is 0 Å². The van der Waals surface area contributed by atoms with Crippen molar-refractivity contribution in [2.75, 3.05) is 0 Å². The first-order chi connectivity index (χ1) is 8.02. The smallest absolute Gasteiger partial charge is 0.0317 e. The molecule has 0 aliphatic heterocycles. The van der Waals surface area contributed by atoms with E-state index >= 15 is 0 Å². The van der Waals surface area contributed by atoms with Crippen LogP contribution in [0.2, 0.25) is 0 Å². The third-order valence-corrected chi connectivity index (χ3v) is 4.13. The van der Waals surface area contributed by atoms with Crippen LogP contribution >= 0.6 is 0 Å². The molecule has 17 heavy (non-hydrogen) atoms. The van der Waals surface area contributed by atoms with E-state index < -0.39 is 0 Å². The van der Waals surface area contributed by atoms with Crippen molar-refractivity contribution in [3.63, 3.8) is 0 Å². The third-order valence-electron chi connectivity index (χ3n) is 4.13. The first-order valence-corrected chi connectivity index (χ1v) is 7.64. The Morgan fingerprint density at radius 1 is 0.941 bits per heavy atom. The van der Waals surface area contributed by atoms with E-state index in [1.165, 1.54) is 32.1 Å². The molecule has 0 heterocycles. The summed E-state index contributed by atoms with van der Waals surface area (Å²) in [5.74, 6) is 3.45. The maximum Gasteiger partial charge on any atom is -0.0317 e. The summed E-state index contributed by atoms with van der Waals surface area (Å²) in [4.78, 5) is 0. The molecule has 102 valence electrons. The van der Waals surface area contributed by atoms with Gasteiger partial charge in [-0.1, -0.05) is 72.5 Å². The average molecular weight is 238 g/mol. The minimum absolute atomic E-state index is 0.808. The second-order valence-electron chi connectivity index (χ2n) is 6.16. The molecule has 0 fully saturated rings. The van der Waals surface area contributed by atoms with Gasteiger partial charge in [0.05, 0.1) is 0 Å². The fourth-order valence-corrected chi connectivity index (χ4v) is 2.85. The number of rotatable bonds is 9. The lowest BCUT2D eigenvalue weighted by Crippen LogP contribution is -2.18. The molecule has 0 saturated heterocycles. The van der Waals surface area contributed by atoms with Crippen LogP contribution < -0.4 is 0 Å². The maximum absolute atomic E-state index is 2.45. The fraction of sp³-hybridized carbons (Fsp3) is 0.882. The first-order valence-electron chi connectivity index (χ1n) is 7.64. The molecular weight excluding hydrogens is 204 g/mol. The number of allylic oxidation sites excluding steroid dienone is 2. The van der Waals surface area contributed by atoms with E-state index in [0.29, 0.717) is 0 Å². The van der Waals surface area contributed by atoms with E-state index in [9.17, 15) is 0 Å². The van der Waals surface area contributed by atoms with Crippen molar-refractivity contribution in [3.05, 3.63) is 12.2 Å². The summed E-state index contributed by atoms with van der Waals surface area (Å²) in [6.07, 6.45) is 11.3. The van der Waals surface area contributed by atoms with Gasteiger partial charge in [-0.05, 0) is 37.0 Å². The normalized spacial score (nSPS) is 17.6. The summed E-state index contributed by atoms with van der Waals surface area (Å²) in [5.41, 5.74) is 0. The Kier molecular flexibility index (Phi) is 9.59. The van der Waals surface area contributed by atoms with Gasteiger partial charge < -0.3 is 0 Å². The van der Waals surface area contributed by atoms with Crippen molar-refractivity contribution >= 4 is 0 Å². The summed E-state index contributed by atoms with van der Waals surface area (Å²) in [6.45, 7) is 14.0. The highest BCUT2D eigenvalue weighted by atomic mass is 14.2. The minimum atomic E-state index is 0.808. The Morgan fingerprint density at radius 2 is 1.59 bits per heavy atom. The number of hydrogen-bond acceptors (Lipinski definition) is 0. The maximum atomic E-state index is 2.45. The van der Waals surface area contributed by atoms with Gasteiger partial charge in [-0.3, -0.25) is 0 Å². The minimum Gasteiger partial charge on any atom is -0.0917 e. The topological polar surface area (TPSA) is 0 Å². The van der Waals surface area contributed by atoms with Crippen LogP contribution in [0.4, 0.5) is 0 Å². The first kappa shape index (κ1) is 16.7. The van der Waals surface area contributed by atoms with Crippen molar-refractivity contribution in [2.45, 2.75) is 73.6 Å². The summed E-state index contributed by atoms with van der Waals surface area (Å²) < 4.78 is 0. The van der Waals surface area contributed by atoms with E-state index in [0.717, 1.165) is 23.7 Å². The van der Waals surface area contributed by atoms with Crippen LogP contribution in [0.1, 0.15) is 73.6 Å². The van der Waals surface area contributed by atoms with Gasteiger partial charge in [0.2, 0.25) is 0 Å². The van der Waals surface area contributed by atoms with Crippen LogP contribution in [0.25, 0.3) is 0 Å². The summed E-state index contributed by atoms with van der Waals surface area (Å²) in [6, 6.07) is 0. The Balaban J connectivity index is 4.09. The van der Waals surface area contributed by atoms with E-state index in [-0.39, 0.29) is 0 Å². The van der Waals surface area contributed by atoms with E-state index in [1.807, 2.05) is 0 Å². The molecule has 0 bridgehead atoms. The van der Waals surface area contributed by atoms with Crippen molar-refractivity contribution in [2.24, 2.45) is 23.7 Å². The van der Waals surface area contributed by atoms with Gasteiger partial charge in [0.15, 0.2) is 0 Å². The van der Waals surface area contributed by atoms with Crippen LogP contribution in [-0.4, -0.2) is 0 Å². The average Bonchev–Trinajstić information content (AvgIpc) is 2.27. The van der Waals surface area contributed by atoms with Crippen LogP contribution in [-0.2, 0) is 0 Å². The molecule has 0 aromatic heterocycles. The molecule has 0 rings (SSSR count). The zero-order chi connectivity index (χ0) is 13.3. The molecule has 0 nitrogen and oxygen atoms in total. The zero-order valence-electron chi connectivity index (χ0n) is 13.0. The molecular formula is C17H34. The van der Waals surface area contributed by atoms with E-state index in [2.05, 4.69) is 53.7 Å². The lowest BCUT2D eigenvalue weighted by Gasteiger charge is -2.27. The van der Waals surface area contributed by atoms with Crippen molar-refractivity contribution in [1.29, 1.82) is 0 Å². The Bertz CT molecular complexity index is 190. The predicted octanol–water partition coefficient (Wildman–Crippen LogP) is 6.08. The van der Waals surface area contributed by atoms with Crippen molar-refractivity contribution in [3.8, 4) is 0 Å². The van der Waals surface area contributed by atoms with Gasteiger partial charge in [0.25, 0.3) is 0 Å². The summed E-state index contributed by atoms with van der Waals surface area (Å²) >= 11 is 0. The highest BCUT2D eigenvalue weighted by Crippen LogP contribution is 2.30. The second-order valence-corrected chi connectivity index (χ2v) is 6.16. The Morgan fingerprint density at radius 3 is 2.06 bits per heavy atom. The summed E-state index contributed by atoms with van der Waals surface area (Å²) in [7, 11) is 0. The van der Waals surface area contributed by atoms with Crippen molar-refractivity contribution < 1.29 is 0 Å². The quantitative estimate of drug-likeness (QED) is 0.427. The third kappa shape index (κ3) is 7.63. The van der Waals surface area contributed by atoms with Gasteiger partial charge >= 0.3 is 0 Å². The monoisotopic (exact) mass is 238 g/mol. The van der Waals surface area contributed by atoms with Crippen molar-refractivity contribution in [1.82, 2.24) is 0 Å². The number of hydrogen-bond donors (Lipinski definition) is 0. The van der Waals surface area contributed by atoms with Gasteiger partial charge in [-0.2, -0.15) is 0 Å². The highest BCUT2D eigenvalue weighted by Gasteiger charge is 2.19. The lowest BCUT2D eigenvalue weighted by molar-refractivity contribution is 0.244. The van der Waals surface area contributed by atoms with E-state index in [4.69, 9.17) is 0 Å². The fourth-order valence-electron chi connectivity index (χ4n) is 2.85. The molecule has 0 N–H and O–H groups in total. The molecule has 3 atom stereocenters. The van der Waals surface area contributed by atoms with E-state index in [1.54, 1.807) is 0 Å². The van der Waals surface area contributed by atoms with Crippen LogP contribution in [0, 0.1) is 23.7 Å². The molecule has 0 radical (unpaired) electrons. The SMILES string of the molecule is CC=CCC(C(C)C)C(C)CCC(C)CCC. The van der Waals surface area contributed by atoms with Gasteiger partial charge in [-0.25, -0.2) is 0 Å². The van der Waals surface area contributed by atoms with Crippen LogP contribution in [0.5, 0.6) is 0 Å². The van der Waals surface area contributed by atoms with Gasteiger partial charge in [-0.15, -0.1) is 0 Å². The van der Waals surface area contributed by atoms with Crippen LogP contribution in [0.15, 0.2) is 12.2 Å². The Hall–Kier alpha value is -0.260. The summed E-state index contributed by atoms with van der Waals surface area (Å²) in [5, 5.41) is 0. The van der Waals surface area contributed by atoms with Crippen LogP contribution in [0.3, 0.4) is 0 Å². The molecule has 0 aliphatic rings. The lowest BCUT2D eigenvalue weighted by atomic mass is 9.78. The second kappa shape index (κ2) is 9.74. The largest absolute Gasteiger partial charge is 0.0917 e. The standard InChI is InChI=1S/C17H34/c1-7-9-11-17(14(3)4)16(6)13-12-15(5)10-8-2/h7,9,14-17H,8,10-13H2,1-6H3. The van der Waals surface area contributed by atoms with Gasteiger partial charge in [0, 0.05) is 0 Å². The molecule has 0 saturated carbocycles. The molecule has 3 unspecified atom stereocenters. The molecule has 0 aliphatic carbocycles. The zero-order valence-corrected chi connectivity index (χ0v) is 13.0.